The zero-order chi connectivity index (χ0) is 18.0. The number of nitrogens with zero attached hydrogens (tertiary/aromatic N) is 1. The summed E-state index contributed by atoms with van der Waals surface area (Å²) in [5.74, 6) is -3.69. The minimum absolute atomic E-state index is 0.158. The minimum Gasteiger partial charge on any atom is -0.481 e. The van der Waals surface area contributed by atoms with E-state index in [1.54, 1.807) is 0 Å². The fraction of sp³-hybridized carbons (Fsp3) is 0.353. The maximum atomic E-state index is 13.8. The third kappa shape index (κ3) is 3.52. The van der Waals surface area contributed by atoms with Crippen LogP contribution >= 0.6 is 0 Å². The van der Waals surface area contributed by atoms with Crippen molar-refractivity contribution in [3.8, 4) is 11.5 Å². The molecule has 0 unspecified atom stereocenters. The number of hydrogen-bond donors (Lipinski definition) is 2. The van der Waals surface area contributed by atoms with Gasteiger partial charge >= 0.3 is 5.97 Å². The molecule has 1 aliphatic carbocycles. The van der Waals surface area contributed by atoms with Gasteiger partial charge in [0.05, 0.1) is 12.0 Å². The molecule has 2 aromatic rings. The van der Waals surface area contributed by atoms with Crippen molar-refractivity contribution in [3.63, 3.8) is 0 Å². The lowest BCUT2D eigenvalue weighted by molar-refractivity contribution is -0.138. The Morgan fingerprint density at radius 1 is 1.24 bits per heavy atom. The maximum Gasteiger partial charge on any atom is 0.305 e. The molecule has 1 aromatic carbocycles. The summed E-state index contributed by atoms with van der Waals surface area (Å²) in [6.07, 6.45) is 3.55. The van der Waals surface area contributed by atoms with Crippen LogP contribution in [0.4, 0.5) is 8.78 Å². The van der Waals surface area contributed by atoms with Crippen LogP contribution in [-0.4, -0.2) is 27.5 Å². The summed E-state index contributed by atoms with van der Waals surface area (Å²) in [5.41, 5.74) is -1.44. The van der Waals surface area contributed by atoms with Crippen LogP contribution in [0.15, 0.2) is 28.9 Å². The first-order valence-corrected chi connectivity index (χ1v) is 7.84. The van der Waals surface area contributed by atoms with Crippen LogP contribution in [0.2, 0.25) is 0 Å². The average molecular weight is 350 g/mol. The fourth-order valence-electron chi connectivity index (χ4n) is 3.19. The van der Waals surface area contributed by atoms with E-state index in [4.69, 9.17) is 9.52 Å². The van der Waals surface area contributed by atoms with Crippen molar-refractivity contribution >= 4 is 11.9 Å². The topological polar surface area (TPSA) is 92.4 Å². The predicted octanol–water partition coefficient (Wildman–Crippen LogP) is 3.14. The first kappa shape index (κ1) is 17.1. The Kier molecular flexibility index (Phi) is 4.52. The molecule has 0 bridgehead atoms. The summed E-state index contributed by atoms with van der Waals surface area (Å²) < 4.78 is 32.6. The number of amides is 1. The van der Waals surface area contributed by atoms with E-state index in [1.807, 2.05) is 0 Å². The van der Waals surface area contributed by atoms with Gasteiger partial charge in [-0.2, -0.15) is 0 Å². The molecule has 1 aliphatic rings. The van der Waals surface area contributed by atoms with Gasteiger partial charge in [0.1, 0.15) is 23.5 Å². The number of halogens is 2. The first-order valence-electron chi connectivity index (χ1n) is 7.84. The van der Waals surface area contributed by atoms with Gasteiger partial charge in [-0.05, 0) is 25.0 Å². The van der Waals surface area contributed by atoms with Crippen molar-refractivity contribution in [3.05, 3.63) is 41.8 Å². The molecule has 1 heterocycles. The largest absolute Gasteiger partial charge is 0.481 e. The van der Waals surface area contributed by atoms with Crippen molar-refractivity contribution in [1.82, 2.24) is 10.3 Å². The Hall–Kier alpha value is -2.77. The van der Waals surface area contributed by atoms with Crippen LogP contribution < -0.4 is 5.32 Å². The van der Waals surface area contributed by atoms with Crippen LogP contribution in [0, 0.1) is 11.6 Å². The number of oxazole rings is 1. The fourth-order valence-corrected chi connectivity index (χ4v) is 3.19. The molecule has 1 amide bonds. The van der Waals surface area contributed by atoms with Gasteiger partial charge in [0.2, 0.25) is 5.89 Å². The lowest BCUT2D eigenvalue weighted by Gasteiger charge is -2.28. The van der Waals surface area contributed by atoms with Crippen molar-refractivity contribution in [2.24, 2.45) is 0 Å². The van der Waals surface area contributed by atoms with E-state index in [2.05, 4.69) is 10.3 Å². The molecule has 8 heteroatoms. The Balaban J connectivity index is 1.82. The van der Waals surface area contributed by atoms with E-state index in [0.29, 0.717) is 12.8 Å². The summed E-state index contributed by atoms with van der Waals surface area (Å²) in [7, 11) is 0. The van der Waals surface area contributed by atoms with Crippen molar-refractivity contribution < 1.29 is 27.9 Å². The second-order valence-electron chi connectivity index (χ2n) is 6.15. The third-order valence-electron chi connectivity index (χ3n) is 4.34. The number of rotatable bonds is 5. The lowest BCUT2D eigenvalue weighted by Crippen LogP contribution is -2.47. The van der Waals surface area contributed by atoms with Gasteiger partial charge in [-0.3, -0.25) is 9.59 Å². The van der Waals surface area contributed by atoms with Crippen molar-refractivity contribution in [1.29, 1.82) is 0 Å². The van der Waals surface area contributed by atoms with Crippen LogP contribution in [0.5, 0.6) is 0 Å². The molecule has 3 rings (SSSR count). The number of benzene rings is 1. The van der Waals surface area contributed by atoms with Gasteiger partial charge in [0.15, 0.2) is 5.69 Å². The highest BCUT2D eigenvalue weighted by Gasteiger charge is 2.38. The normalized spacial score (nSPS) is 15.9. The highest BCUT2D eigenvalue weighted by molar-refractivity contribution is 5.93. The number of carbonyl (C=O) groups excluding carboxylic acids is 1. The van der Waals surface area contributed by atoms with Crippen molar-refractivity contribution in [2.45, 2.75) is 37.6 Å². The zero-order valence-electron chi connectivity index (χ0n) is 13.2. The summed E-state index contributed by atoms with van der Waals surface area (Å²) in [6, 6.07) is 3.33. The van der Waals surface area contributed by atoms with E-state index >= 15 is 0 Å². The number of aliphatic carboxylic acids is 1. The molecule has 1 saturated carbocycles. The molecular weight excluding hydrogens is 334 g/mol. The van der Waals surface area contributed by atoms with Crippen LogP contribution in [-0.2, 0) is 4.79 Å². The maximum absolute atomic E-state index is 13.8. The van der Waals surface area contributed by atoms with Gasteiger partial charge in [-0.1, -0.05) is 18.9 Å². The predicted molar refractivity (Wildman–Crippen MR) is 82.8 cm³/mol. The Morgan fingerprint density at radius 2 is 1.88 bits per heavy atom. The standard InChI is InChI=1S/C17H16F2N2O4/c18-10-4-3-5-11(19)14(10)16-20-12(9-25-16)15(24)21-17(8-13(22)23)6-1-2-7-17/h3-5,9H,1-2,6-8H2,(H,21,24)(H,22,23). The summed E-state index contributed by atoms with van der Waals surface area (Å²) in [4.78, 5) is 27.3. The van der Waals surface area contributed by atoms with E-state index in [1.165, 1.54) is 6.07 Å². The summed E-state index contributed by atoms with van der Waals surface area (Å²) in [6.45, 7) is 0. The SMILES string of the molecule is O=C(O)CC1(NC(=O)c2coc(-c3c(F)cccc3F)n2)CCCC1. The highest BCUT2D eigenvalue weighted by atomic mass is 19.1. The molecule has 0 atom stereocenters. The number of carboxylic acid groups (broad SMARTS) is 1. The molecule has 0 spiro atoms. The van der Waals surface area contributed by atoms with Gasteiger partial charge in [-0.15, -0.1) is 0 Å². The highest BCUT2D eigenvalue weighted by Crippen LogP contribution is 2.33. The van der Waals surface area contributed by atoms with Crippen LogP contribution in [0.1, 0.15) is 42.6 Å². The van der Waals surface area contributed by atoms with E-state index in [0.717, 1.165) is 31.2 Å². The number of hydrogen-bond acceptors (Lipinski definition) is 4. The smallest absolute Gasteiger partial charge is 0.305 e. The Bertz CT molecular complexity index is 792. The zero-order valence-corrected chi connectivity index (χ0v) is 13.2. The van der Waals surface area contributed by atoms with Crippen LogP contribution in [0.3, 0.4) is 0 Å². The molecule has 1 fully saturated rings. The summed E-state index contributed by atoms with van der Waals surface area (Å²) in [5, 5.41) is 11.8. The number of carbonyl (C=O) groups is 2. The van der Waals surface area contributed by atoms with E-state index < -0.39 is 34.6 Å². The minimum atomic E-state index is -1.00. The number of carboxylic acids is 1. The Morgan fingerprint density at radius 3 is 2.48 bits per heavy atom. The van der Waals surface area contributed by atoms with Gasteiger partial charge in [-0.25, -0.2) is 13.8 Å². The average Bonchev–Trinajstić information content (AvgIpc) is 3.16. The number of aromatic nitrogens is 1. The quantitative estimate of drug-likeness (QED) is 0.864. The molecular formula is C17H16F2N2O4. The molecule has 0 aliphatic heterocycles. The van der Waals surface area contributed by atoms with E-state index in [-0.39, 0.29) is 18.0 Å². The molecule has 132 valence electrons. The molecule has 25 heavy (non-hydrogen) atoms. The lowest BCUT2D eigenvalue weighted by atomic mass is 9.93. The molecule has 2 N–H and O–H groups in total. The molecule has 6 nitrogen and oxygen atoms in total. The molecule has 1 aromatic heterocycles. The Labute approximate surface area is 141 Å². The first-order chi connectivity index (χ1) is 11.9. The molecule has 0 saturated heterocycles. The number of nitrogens with one attached hydrogen (secondary N) is 1. The third-order valence-corrected chi connectivity index (χ3v) is 4.34. The monoisotopic (exact) mass is 350 g/mol. The van der Waals surface area contributed by atoms with E-state index in [9.17, 15) is 18.4 Å². The molecule has 0 radical (unpaired) electrons. The van der Waals surface area contributed by atoms with Crippen molar-refractivity contribution in [2.75, 3.05) is 0 Å². The van der Waals surface area contributed by atoms with Crippen LogP contribution in [0.25, 0.3) is 11.5 Å². The second-order valence-corrected chi connectivity index (χ2v) is 6.15. The second kappa shape index (κ2) is 6.62. The van der Waals surface area contributed by atoms with Gasteiger partial charge in [0, 0.05) is 0 Å². The van der Waals surface area contributed by atoms with Gasteiger partial charge in [0.25, 0.3) is 5.91 Å². The van der Waals surface area contributed by atoms with Gasteiger partial charge < -0.3 is 14.8 Å². The summed E-state index contributed by atoms with van der Waals surface area (Å²) >= 11 is 0.